The predicted molar refractivity (Wildman–Crippen MR) is 124 cm³/mol. The molecule has 5 rings (SSSR count). The molecule has 0 radical (unpaired) electrons. The molecule has 2 unspecified atom stereocenters. The van der Waals surface area contributed by atoms with Crippen molar-refractivity contribution < 1.29 is 0 Å². The maximum Gasteiger partial charge on any atom is 0.123 e. The van der Waals surface area contributed by atoms with Crippen LogP contribution in [0.1, 0.15) is 30.4 Å². The van der Waals surface area contributed by atoms with E-state index in [2.05, 4.69) is 68.9 Å². The van der Waals surface area contributed by atoms with E-state index in [-0.39, 0.29) is 0 Å². The quantitative estimate of drug-likeness (QED) is 0.421. The maximum atomic E-state index is 5.88. The number of nitrogens with one attached hydrogen (secondary N) is 2. The number of nitrogens with zero attached hydrogens (tertiary/aromatic N) is 4. The molecular formula is C24H29N7. The van der Waals surface area contributed by atoms with Crippen LogP contribution in [0.25, 0.3) is 16.6 Å². The highest BCUT2D eigenvalue weighted by atomic mass is 15.2. The summed E-state index contributed by atoms with van der Waals surface area (Å²) in [6.45, 7) is 6.29. The summed E-state index contributed by atoms with van der Waals surface area (Å²) in [5.74, 6) is 0.423. The highest BCUT2D eigenvalue weighted by molar-refractivity contribution is 5.85. The van der Waals surface area contributed by atoms with E-state index in [0.717, 1.165) is 44.0 Å². The number of nitrogens with two attached hydrogens (primary N) is 1. The molecule has 1 aliphatic rings. The highest BCUT2D eigenvalue weighted by Crippen LogP contribution is 2.34. The summed E-state index contributed by atoms with van der Waals surface area (Å²) in [5, 5.41) is 12.8. The highest BCUT2D eigenvalue weighted by Gasteiger charge is 2.31. The molecule has 0 amide bonds. The molecule has 7 heteroatoms. The van der Waals surface area contributed by atoms with Crippen LogP contribution >= 0.6 is 0 Å². The van der Waals surface area contributed by atoms with Gasteiger partial charge in [0, 0.05) is 66.6 Å². The Morgan fingerprint density at radius 3 is 2.71 bits per heavy atom. The molecule has 4 N–H and O–H groups in total. The van der Waals surface area contributed by atoms with E-state index in [4.69, 9.17) is 5.73 Å². The Balaban J connectivity index is 1.47. The number of aromatic nitrogens is 4. The van der Waals surface area contributed by atoms with Crippen molar-refractivity contribution in [3.8, 4) is 5.69 Å². The Morgan fingerprint density at radius 2 is 1.94 bits per heavy atom. The lowest BCUT2D eigenvalue weighted by atomic mass is 9.86. The molecule has 4 aromatic rings. The third kappa shape index (κ3) is 3.94. The first kappa shape index (κ1) is 19.8. The molecule has 2 aromatic carbocycles. The Morgan fingerprint density at radius 1 is 1.13 bits per heavy atom. The average Bonchev–Trinajstić information content (AvgIpc) is 3.47. The van der Waals surface area contributed by atoms with E-state index >= 15 is 0 Å². The van der Waals surface area contributed by atoms with Crippen LogP contribution in [0.15, 0.2) is 61.3 Å². The fourth-order valence-electron chi connectivity index (χ4n) is 4.85. The molecule has 1 saturated heterocycles. The molecule has 2 atom stereocenters. The first-order valence-corrected chi connectivity index (χ1v) is 11.0. The van der Waals surface area contributed by atoms with E-state index in [1.807, 2.05) is 16.7 Å². The maximum absolute atomic E-state index is 5.88. The molecule has 31 heavy (non-hydrogen) atoms. The zero-order valence-corrected chi connectivity index (χ0v) is 17.8. The van der Waals surface area contributed by atoms with Gasteiger partial charge in [0.2, 0.25) is 0 Å². The lowest BCUT2D eigenvalue weighted by Crippen LogP contribution is -2.53. The number of nitrogen functional groups attached to an aromatic ring is 1. The molecule has 0 aliphatic carbocycles. The number of hydrogen-bond donors (Lipinski definition) is 3. The van der Waals surface area contributed by atoms with Crippen molar-refractivity contribution in [2.45, 2.75) is 31.8 Å². The predicted octanol–water partition coefficient (Wildman–Crippen LogP) is 3.30. The third-order valence-corrected chi connectivity index (χ3v) is 6.48. The van der Waals surface area contributed by atoms with Gasteiger partial charge in [0.1, 0.15) is 12.7 Å². The van der Waals surface area contributed by atoms with Gasteiger partial charge in [-0.1, -0.05) is 19.1 Å². The second kappa shape index (κ2) is 8.53. The van der Waals surface area contributed by atoms with E-state index in [9.17, 15) is 0 Å². The smallest absolute Gasteiger partial charge is 0.123 e. The molecule has 2 aromatic heterocycles. The van der Waals surface area contributed by atoms with E-state index in [0.29, 0.717) is 12.0 Å². The van der Waals surface area contributed by atoms with Crippen molar-refractivity contribution in [2.75, 3.05) is 25.4 Å². The van der Waals surface area contributed by atoms with E-state index < -0.39 is 0 Å². The lowest BCUT2D eigenvalue weighted by molar-refractivity contribution is 0.128. The SMILES string of the molecule is CCC(c1c[nH]c2ccc(-n3cnnc3)cc12)C1CNCCN1Cc1ccc(N)cc1. The van der Waals surface area contributed by atoms with Gasteiger partial charge in [-0.05, 0) is 47.9 Å². The zero-order valence-electron chi connectivity index (χ0n) is 17.8. The molecule has 7 nitrogen and oxygen atoms in total. The molecule has 3 heterocycles. The summed E-state index contributed by atoms with van der Waals surface area (Å²) < 4.78 is 1.95. The van der Waals surface area contributed by atoms with Crippen LogP contribution < -0.4 is 11.1 Å². The Kier molecular flexibility index (Phi) is 5.44. The second-order valence-electron chi connectivity index (χ2n) is 8.34. The molecule has 1 fully saturated rings. The fraction of sp³-hybridized carbons (Fsp3) is 0.333. The number of piperazine rings is 1. The molecule has 0 saturated carbocycles. The number of hydrogen-bond acceptors (Lipinski definition) is 5. The number of benzene rings is 2. The Labute approximate surface area is 182 Å². The number of anilines is 1. The first-order chi connectivity index (χ1) is 15.2. The molecule has 160 valence electrons. The van der Waals surface area contributed by atoms with Gasteiger partial charge in [0.25, 0.3) is 0 Å². The number of rotatable bonds is 6. The minimum Gasteiger partial charge on any atom is -0.399 e. The molecule has 0 bridgehead atoms. The Bertz CT molecular complexity index is 1130. The van der Waals surface area contributed by atoms with Gasteiger partial charge in [0.05, 0.1) is 0 Å². The van der Waals surface area contributed by atoms with Crippen molar-refractivity contribution in [2.24, 2.45) is 0 Å². The third-order valence-electron chi connectivity index (χ3n) is 6.48. The number of aromatic amines is 1. The molecular weight excluding hydrogens is 386 g/mol. The van der Waals surface area contributed by atoms with Crippen molar-refractivity contribution in [1.82, 2.24) is 30.0 Å². The van der Waals surface area contributed by atoms with Crippen molar-refractivity contribution in [3.63, 3.8) is 0 Å². The topological polar surface area (TPSA) is 87.8 Å². The van der Waals surface area contributed by atoms with Crippen LogP contribution in [0.5, 0.6) is 0 Å². The number of fused-ring (bicyclic) bond motifs is 1. The standard InChI is InChI=1S/C24H29N7/c1-2-20(24-13-26-9-10-30(24)14-17-3-5-18(25)6-4-17)22-12-27-23-8-7-19(11-21(22)23)31-15-28-29-16-31/h3-8,11-12,15-16,20,24,26-27H,2,9-10,13-14,25H2,1H3. The van der Waals surface area contributed by atoms with Crippen LogP contribution in [0.2, 0.25) is 0 Å². The average molecular weight is 416 g/mol. The van der Waals surface area contributed by atoms with Crippen LogP contribution in [0.4, 0.5) is 5.69 Å². The molecule has 1 aliphatic heterocycles. The monoisotopic (exact) mass is 415 g/mol. The van der Waals surface area contributed by atoms with Crippen LogP contribution in [-0.4, -0.2) is 50.3 Å². The summed E-state index contributed by atoms with van der Waals surface area (Å²) in [5.41, 5.74) is 11.6. The Hall–Kier alpha value is -3.16. The first-order valence-electron chi connectivity index (χ1n) is 11.0. The van der Waals surface area contributed by atoms with E-state index in [1.54, 1.807) is 12.7 Å². The van der Waals surface area contributed by atoms with Gasteiger partial charge in [-0.3, -0.25) is 9.47 Å². The minimum absolute atomic E-state index is 0.423. The second-order valence-corrected chi connectivity index (χ2v) is 8.34. The fourth-order valence-corrected chi connectivity index (χ4v) is 4.85. The van der Waals surface area contributed by atoms with Gasteiger partial charge in [-0.25, -0.2) is 0 Å². The van der Waals surface area contributed by atoms with Gasteiger partial charge in [-0.2, -0.15) is 0 Å². The largest absolute Gasteiger partial charge is 0.399 e. The van der Waals surface area contributed by atoms with Gasteiger partial charge in [-0.15, -0.1) is 10.2 Å². The summed E-state index contributed by atoms with van der Waals surface area (Å²) in [7, 11) is 0. The van der Waals surface area contributed by atoms with Crippen LogP contribution in [-0.2, 0) is 6.54 Å². The van der Waals surface area contributed by atoms with Gasteiger partial charge < -0.3 is 16.0 Å². The van der Waals surface area contributed by atoms with Crippen molar-refractivity contribution >= 4 is 16.6 Å². The summed E-state index contributed by atoms with van der Waals surface area (Å²) in [4.78, 5) is 6.12. The van der Waals surface area contributed by atoms with Crippen molar-refractivity contribution in [1.29, 1.82) is 0 Å². The summed E-state index contributed by atoms with van der Waals surface area (Å²) in [6.07, 6.45) is 6.76. The normalized spacial score (nSPS) is 18.4. The summed E-state index contributed by atoms with van der Waals surface area (Å²) >= 11 is 0. The van der Waals surface area contributed by atoms with Crippen LogP contribution in [0.3, 0.4) is 0 Å². The van der Waals surface area contributed by atoms with Gasteiger partial charge in [0.15, 0.2) is 0 Å². The molecule has 0 spiro atoms. The lowest BCUT2D eigenvalue weighted by Gasteiger charge is -2.40. The van der Waals surface area contributed by atoms with Crippen molar-refractivity contribution in [3.05, 3.63) is 72.4 Å². The minimum atomic E-state index is 0.423. The van der Waals surface area contributed by atoms with Crippen LogP contribution in [0, 0.1) is 0 Å². The van der Waals surface area contributed by atoms with E-state index in [1.165, 1.54) is 22.0 Å². The van der Waals surface area contributed by atoms with Gasteiger partial charge >= 0.3 is 0 Å². The number of H-pyrrole nitrogens is 1. The summed E-state index contributed by atoms with van der Waals surface area (Å²) in [6, 6.07) is 15.2. The zero-order chi connectivity index (χ0) is 21.2.